The number of aromatic nitrogens is 1. The fourth-order valence-electron chi connectivity index (χ4n) is 2.17. The van der Waals surface area contributed by atoms with Crippen molar-refractivity contribution in [2.45, 2.75) is 20.5 Å². The van der Waals surface area contributed by atoms with Crippen molar-refractivity contribution in [2.75, 3.05) is 0 Å². The number of carboxylic acids is 1. The fourth-order valence-corrected chi connectivity index (χ4v) is 2.87. The number of ether oxygens (including phenoxy) is 1. The second-order valence-electron chi connectivity index (χ2n) is 4.65. The quantitative estimate of drug-likeness (QED) is 0.794. The van der Waals surface area contributed by atoms with E-state index in [0.717, 1.165) is 9.88 Å². The van der Waals surface area contributed by atoms with Gasteiger partial charge in [-0.3, -0.25) is 0 Å². The maximum Gasteiger partial charge on any atom is 0.339 e. The van der Waals surface area contributed by atoms with E-state index in [1.807, 2.05) is 6.92 Å². The van der Waals surface area contributed by atoms with Crippen LogP contribution in [0.25, 0.3) is 11.0 Å². The zero-order valence-electron chi connectivity index (χ0n) is 11.5. The largest absolute Gasteiger partial charge is 0.486 e. The smallest absolute Gasteiger partial charge is 0.339 e. The zero-order valence-corrected chi connectivity index (χ0v) is 12.4. The second kappa shape index (κ2) is 5.21. The summed E-state index contributed by atoms with van der Waals surface area (Å²) in [5.41, 5.74) is 0.725. The van der Waals surface area contributed by atoms with Crippen molar-refractivity contribution in [1.82, 2.24) is 4.98 Å². The van der Waals surface area contributed by atoms with Gasteiger partial charge in [0.05, 0.1) is 0 Å². The summed E-state index contributed by atoms with van der Waals surface area (Å²) >= 11 is 1.57. The Morgan fingerprint density at radius 2 is 2.24 bits per heavy atom. The second-order valence-corrected chi connectivity index (χ2v) is 5.97. The highest BCUT2D eigenvalue weighted by molar-refractivity contribution is 7.11. The molecule has 0 saturated heterocycles. The molecule has 0 amide bonds. The molecule has 0 bridgehead atoms. The maximum atomic E-state index is 11.3. The Labute approximate surface area is 124 Å². The molecule has 0 spiro atoms. The first-order valence-corrected chi connectivity index (χ1v) is 7.17. The molecule has 5 nitrogen and oxygen atoms in total. The van der Waals surface area contributed by atoms with Crippen LogP contribution in [0, 0.1) is 13.8 Å². The summed E-state index contributed by atoms with van der Waals surface area (Å²) in [4.78, 5) is 16.6. The van der Waals surface area contributed by atoms with Gasteiger partial charge in [-0.2, -0.15) is 0 Å². The van der Waals surface area contributed by atoms with Crippen LogP contribution in [0.2, 0.25) is 0 Å². The number of aryl methyl sites for hydroxylation is 2. The lowest BCUT2D eigenvalue weighted by atomic mass is 10.1. The average molecular weight is 303 g/mol. The van der Waals surface area contributed by atoms with Crippen molar-refractivity contribution in [3.8, 4) is 5.75 Å². The molecule has 0 atom stereocenters. The number of aromatic carboxylic acids is 1. The van der Waals surface area contributed by atoms with Crippen LogP contribution in [0.5, 0.6) is 5.75 Å². The van der Waals surface area contributed by atoms with E-state index < -0.39 is 5.97 Å². The van der Waals surface area contributed by atoms with E-state index in [1.165, 1.54) is 0 Å². The van der Waals surface area contributed by atoms with Gasteiger partial charge in [-0.15, -0.1) is 11.3 Å². The molecule has 2 aromatic heterocycles. The van der Waals surface area contributed by atoms with Crippen molar-refractivity contribution in [2.24, 2.45) is 0 Å². The Morgan fingerprint density at radius 1 is 1.43 bits per heavy atom. The standard InChI is InChI=1S/C15H13NO4S/c1-8-6-16-13(21-8)7-19-10-3-4-12-11(5-10)14(15(17)18)9(2)20-12/h3-6H,7H2,1-2H3,(H,17,18). The Bertz CT molecular complexity index is 818. The molecule has 0 aliphatic carbocycles. The van der Waals surface area contributed by atoms with Crippen LogP contribution in [-0.2, 0) is 6.61 Å². The summed E-state index contributed by atoms with van der Waals surface area (Å²) in [7, 11) is 0. The predicted molar refractivity (Wildman–Crippen MR) is 79.1 cm³/mol. The number of furan rings is 1. The number of thiazole rings is 1. The Hall–Kier alpha value is -2.34. The van der Waals surface area contributed by atoms with Gasteiger partial charge < -0.3 is 14.3 Å². The molecule has 0 saturated carbocycles. The van der Waals surface area contributed by atoms with Crippen LogP contribution < -0.4 is 4.74 Å². The number of hydrogen-bond donors (Lipinski definition) is 1. The van der Waals surface area contributed by atoms with Gasteiger partial charge in [0, 0.05) is 16.5 Å². The molecule has 0 unspecified atom stereocenters. The number of carboxylic acid groups (broad SMARTS) is 1. The molecule has 0 fully saturated rings. The monoisotopic (exact) mass is 303 g/mol. The molecule has 0 aliphatic rings. The van der Waals surface area contributed by atoms with E-state index in [2.05, 4.69) is 4.98 Å². The van der Waals surface area contributed by atoms with Crippen molar-refractivity contribution in [3.05, 3.63) is 45.6 Å². The molecular weight excluding hydrogens is 290 g/mol. The molecule has 3 rings (SSSR count). The summed E-state index contributed by atoms with van der Waals surface area (Å²) in [6.07, 6.45) is 1.80. The van der Waals surface area contributed by atoms with E-state index in [4.69, 9.17) is 9.15 Å². The Balaban J connectivity index is 1.89. The third kappa shape index (κ3) is 2.62. The van der Waals surface area contributed by atoms with Crippen LogP contribution in [0.15, 0.2) is 28.8 Å². The molecule has 21 heavy (non-hydrogen) atoms. The molecule has 1 N–H and O–H groups in total. The molecule has 3 aromatic rings. The minimum absolute atomic E-state index is 0.181. The third-order valence-electron chi connectivity index (χ3n) is 3.08. The lowest BCUT2D eigenvalue weighted by Crippen LogP contribution is -1.97. The van der Waals surface area contributed by atoms with Crippen LogP contribution in [0.1, 0.15) is 26.0 Å². The Kier molecular flexibility index (Phi) is 3.39. The molecule has 0 aliphatic heterocycles. The molecule has 6 heteroatoms. The predicted octanol–water partition coefficient (Wildman–Crippen LogP) is 3.78. The topological polar surface area (TPSA) is 72.6 Å². The summed E-state index contributed by atoms with van der Waals surface area (Å²) < 4.78 is 11.1. The summed E-state index contributed by atoms with van der Waals surface area (Å²) in [5, 5.41) is 10.7. The summed E-state index contributed by atoms with van der Waals surface area (Å²) in [6.45, 7) is 3.99. The van der Waals surface area contributed by atoms with Crippen molar-refractivity contribution < 1.29 is 19.1 Å². The van der Waals surface area contributed by atoms with Gasteiger partial charge in [0.1, 0.15) is 34.3 Å². The van der Waals surface area contributed by atoms with Gasteiger partial charge in [0.2, 0.25) is 0 Å². The van der Waals surface area contributed by atoms with Crippen molar-refractivity contribution >= 4 is 28.3 Å². The fraction of sp³-hybridized carbons (Fsp3) is 0.200. The molecule has 108 valence electrons. The minimum Gasteiger partial charge on any atom is -0.486 e. The van der Waals surface area contributed by atoms with Gasteiger partial charge in [-0.25, -0.2) is 9.78 Å². The number of fused-ring (bicyclic) bond motifs is 1. The summed E-state index contributed by atoms with van der Waals surface area (Å²) in [5.74, 6) is -0.0113. The number of carbonyl (C=O) groups is 1. The van der Waals surface area contributed by atoms with E-state index in [1.54, 1.807) is 42.7 Å². The molecule has 0 radical (unpaired) electrons. The summed E-state index contributed by atoms with van der Waals surface area (Å²) in [6, 6.07) is 5.17. The van der Waals surface area contributed by atoms with Crippen molar-refractivity contribution in [3.63, 3.8) is 0 Å². The number of hydrogen-bond acceptors (Lipinski definition) is 5. The SMILES string of the molecule is Cc1cnc(COc2ccc3oc(C)c(C(=O)O)c3c2)s1. The minimum atomic E-state index is -1.00. The van der Waals surface area contributed by atoms with E-state index in [9.17, 15) is 9.90 Å². The van der Waals surface area contributed by atoms with E-state index in [-0.39, 0.29) is 5.56 Å². The first-order valence-electron chi connectivity index (χ1n) is 6.35. The lowest BCUT2D eigenvalue weighted by molar-refractivity contribution is 0.0697. The highest BCUT2D eigenvalue weighted by atomic mass is 32.1. The number of benzene rings is 1. The normalized spacial score (nSPS) is 11.0. The van der Waals surface area contributed by atoms with Gasteiger partial charge in [-0.05, 0) is 32.0 Å². The van der Waals surface area contributed by atoms with Gasteiger partial charge in [0.15, 0.2) is 0 Å². The molecule has 1 aromatic carbocycles. The van der Waals surface area contributed by atoms with E-state index in [0.29, 0.717) is 29.1 Å². The first kappa shape index (κ1) is 13.6. The molecule has 2 heterocycles. The van der Waals surface area contributed by atoms with Crippen LogP contribution in [0.3, 0.4) is 0 Å². The average Bonchev–Trinajstić information content (AvgIpc) is 2.98. The molecular formula is C15H13NO4S. The van der Waals surface area contributed by atoms with Crippen LogP contribution in [-0.4, -0.2) is 16.1 Å². The highest BCUT2D eigenvalue weighted by Crippen LogP contribution is 2.29. The maximum absolute atomic E-state index is 11.3. The Morgan fingerprint density at radius 3 is 2.90 bits per heavy atom. The van der Waals surface area contributed by atoms with Crippen molar-refractivity contribution in [1.29, 1.82) is 0 Å². The number of nitrogens with zero attached hydrogens (tertiary/aromatic N) is 1. The lowest BCUT2D eigenvalue weighted by Gasteiger charge is -2.03. The van der Waals surface area contributed by atoms with Gasteiger partial charge >= 0.3 is 5.97 Å². The number of rotatable bonds is 4. The zero-order chi connectivity index (χ0) is 15.0. The van der Waals surface area contributed by atoms with Crippen LogP contribution >= 0.6 is 11.3 Å². The van der Waals surface area contributed by atoms with Crippen LogP contribution in [0.4, 0.5) is 0 Å². The van der Waals surface area contributed by atoms with Gasteiger partial charge in [-0.1, -0.05) is 0 Å². The van der Waals surface area contributed by atoms with Gasteiger partial charge in [0.25, 0.3) is 0 Å². The third-order valence-corrected chi connectivity index (χ3v) is 3.97. The van der Waals surface area contributed by atoms with E-state index >= 15 is 0 Å². The first-order chi connectivity index (χ1) is 10.0. The highest BCUT2D eigenvalue weighted by Gasteiger charge is 2.17.